The topological polar surface area (TPSA) is 127 Å². The van der Waals surface area contributed by atoms with Crippen LogP contribution in [0.1, 0.15) is 29.5 Å². The van der Waals surface area contributed by atoms with Crippen LogP contribution in [0.5, 0.6) is 17.2 Å². The van der Waals surface area contributed by atoms with Gasteiger partial charge in [0.2, 0.25) is 5.91 Å². The lowest BCUT2D eigenvalue weighted by molar-refractivity contribution is -0.275. The third kappa shape index (κ3) is 7.89. The fourth-order valence-electron chi connectivity index (χ4n) is 7.70. The van der Waals surface area contributed by atoms with Gasteiger partial charge in [-0.3, -0.25) is 19.4 Å². The number of likely N-dealkylation sites (tertiary alicyclic amines) is 1. The highest BCUT2D eigenvalue weighted by Crippen LogP contribution is 2.55. The first-order valence-electron chi connectivity index (χ1n) is 17.9. The molecule has 2 fully saturated rings. The Balaban J connectivity index is 1.53. The van der Waals surface area contributed by atoms with Gasteiger partial charge in [-0.15, -0.1) is 13.2 Å². The molecule has 0 aromatic heterocycles. The van der Waals surface area contributed by atoms with Gasteiger partial charge in [-0.1, -0.05) is 23.2 Å². The molecular formula is C38H44ClF3N4O9S. The van der Waals surface area contributed by atoms with E-state index in [2.05, 4.69) is 9.64 Å². The number of benzene rings is 3. The van der Waals surface area contributed by atoms with Gasteiger partial charge < -0.3 is 28.6 Å². The molecule has 0 N–H and O–H groups in total. The quantitative estimate of drug-likeness (QED) is 0.221. The summed E-state index contributed by atoms with van der Waals surface area (Å²) in [6.45, 7) is 5.78. The second-order valence-corrected chi connectivity index (χ2v) is 16.1. The van der Waals surface area contributed by atoms with Crippen molar-refractivity contribution in [3.05, 3.63) is 76.3 Å². The summed E-state index contributed by atoms with van der Waals surface area (Å²) in [6.07, 6.45) is -5.06. The van der Waals surface area contributed by atoms with Gasteiger partial charge in [0, 0.05) is 69.1 Å². The van der Waals surface area contributed by atoms with Crippen molar-refractivity contribution in [3.8, 4) is 17.2 Å². The Morgan fingerprint density at radius 2 is 1.73 bits per heavy atom. The van der Waals surface area contributed by atoms with Gasteiger partial charge >= 0.3 is 6.36 Å². The first kappa shape index (κ1) is 41.5. The molecule has 0 bridgehead atoms. The minimum Gasteiger partial charge on any atom is -0.497 e. The smallest absolute Gasteiger partial charge is 0.497 e. The number of methoxy groups -OCH3 is 2. The summed E-state index contributed by atoms with van der Waals surface area (Å²) in [7, 11) is 0.497. The van der Waals surface area contributed by atoms with Crippen LogP contribution < -0.4 is 18.5 Å². The largest absolute Gasteiger partial charge is 0.573 e. The molecule has 1 unspecified atom stereocenters. The molecule has 0 radical (unpaired) electrons. The standard InChI is InChI=1S/C38H44ClF3N4O9S/c1-24-7-11-32(52-5)29(19-24)37(45-23-27(21-31(45)35(47)43(2)3)54-16-6-13-44-14-17-53-18-15-44)28-20-25(39)8-10-30(28)46(36(37)48)56(49,50)34-12-9-26(51-4)22-33(34)55-38(40,41)42/h7-12,19-20,22,27,31H,6,13-18,21,23H2,1-5H3/t27-,31+,37?/m1/s1. The van der Waals surface area contributed by atoms with Gasteiger partial charge in [-0.2, -0.15) is 0 Å². The fourth-order valence-corrected chi connectivity index (χ4v) is 9.43. The van der Waals surface area contributed by atoms with E-state index in [1.54, 1.807) is 44.1 Å². The number of halogens is 4. The van der Waals surface area contributed by atoms with Crippen molar-refractivity contribution >= 4 is 39.1 Å². The highest BCUT2D eigenvalue weighted by atomic mass is 35.5. The Kier molecular flexibility index (Phi) is 12.1. The predicted molar refractivity (Wildman–Crippen MR) is 200 cm³/mol. The summed E-state index contributed by atoms with van der Waals surface area (Å²) in [6, 6.07) is 10.9. The van der Waals surface area contributed by atoms with Crippen LogP contribution in [0.4, 0.5) is 18.9 Å². The molecule has 3 aromatic carbocycles. The molecule has 0 saturated carbocycles. The summed E-state index contributed by atoms with van der Waals surface area (Å²) < 4.78 is 98.4. The van der Waals surface area contributed by atoms with Gasteiger partial charge in [-0.05, 0) is 62.2 Å². The van der Waals surface area contributed by atoms with Crippen molar-refractivity contribution in [2.75, 3.05) is 78.6 Å². The lowest BCUT2D eigenvalue weighted by Crippen LogP contribution is -2.59. The molecule has 3 heterocycles. The van der Waals surface area contributed by atoms with Crippen LogP contribution in [0.25, 0.3) is 0 Å². The van der Waals surface area contributed by atoms with E-state index < -0.39 is 50.6 Å². The maximum Gasteiger partial charge on any atom is 0.573 e. The van der Waals surface area contributed by atoms with E-state index in [1.165, 1.54) is 37.3 Å². The summed E-state index contributed by atoms with van der Waals surface area (Å²) in [5.41, 5.74) is -1.40. The van der Waals surface area contributed by atoms with Crippen molar-refractivity contribution < 1.29 is 54.9 Å². The van der Waals surface area contributed by atoms with Crippen molar-refractivity contribution in [2.24, 2.45) is 0 Å². The van der Waals surface area contributed by atoms with Crippen molar-refractivity contribution in [3.63, 3.8) is 0 Å². The molecule has 3 aliphatic rings. The molecule has 13 nitrogen and oxygen atoms in total. The first-order valence-corrected chi connectivity index (χ1v) is 19.7. The van der Waals surface area contributed by atoms with Gasteiger partial charge in [0.25, 0.3) is 15.9 Å². The molecule has 3 atom stereocenters. The normalized spacial score (nSPS) is 21.9. The number of amides is 2. The van der Waals surface area contributed by atoms with E-state index in [4.69, 9.17) is 30.5 Å². The zero-order valence-corrected chi connectivity index (χ0v) is 33.2. The number of sulfonamides is 1. The van der Waals surface area contributed by atoms with Crippen LogP contribution >= 0.6 is 11.6 Å². The lowest BCUT2D eigenvalue weighted by Gasteiger charge is -2.42. The van der Waals surface area contributed by atoms with Crippen molar-refractivity contribution in [2.45, 2.75) is 48.7 Å². The zero-order chi connectivity index (χ0) is 40.6. The minimum absolute atomic E-state index is 0.0184. The van der Waals surface area contributed by atoms with E-state index in [-0.39, 0.29) is 52.2 Å². The zero-order valence-electron chi connectivity index (χ0n) is 31.6. The number of morpholine rings is 1. The Labute approximate surface area is 328 Å². The van der Waals surface area contributed by atoms with Gasteiger partial charge in [0.05, 0.1) is 45.3 Å². The Bertz CT molecular complexity index is 2070. The number of hydrogen-bond donors (Lipinski definition) is 0. The number of nitrogens with zero attached hydrogens (tertiary/aromatic N) is 4. The molecule has 3 aliphatic heterocycles. The number of carbonyl (C=O) groups excluding carboxylic acids is 2. The maximum atomic E-state index is 15.7. The summed E-state index contributed by atoms with van der Waals surface area (Å²) in [4.78, 5) is 34.2. The van der Waals surface area contributed by atoms with Crippen molar-refractivity contribution in [1.82, 2.24) is 14.7 Å². The molecule has 2 saturated heterocycles. The SMILES string of the molecule is COc1ccc(S(=O)(=O)N2C(=O)C(c3cc(C)ccc3OC)(N3C[C@H](OCCCN4CCOCC4)C[C@H]3C(=O)N(C)C)c3cc(Cl)ccc32)c(OC(F)(F)F)c1. The molecule has 3 aromatic rings. The number of carbonyl (C=O) groups is 2. The number of rotatable bonds is 13. The molecule has 0 aliphatic carbocycles. The number of fused-ring (bicyclic) bond motifs is 1. The van der Waals surface area contributed by atoms with E-state index in [1.807, 2.05) is 0 Å². The predicted octanol–water partition coefficient (Wildman–Crippen LogP) is 4.81. The number of aryl methyl sites for hydroxylation is 1. The van der Waals surface area contributed by atoms with Crippen LogP contribution in [0.15, 0.2) is 59.5 Å². The number of ether oxygens (including phenoxy) is 5. The van der Waals surface area contributed by atoms with Gasteiger partial charge in [0.15, 0.2) is 11.3 Å². The monoisotopic (exact) mass is 824 g/mol. The summed E-state index contributed by atoms with van der Waals surface area (Å²) in [5.74, 6) is -2.54. The number of hydrogen-bond acceptors (Lipinski definition) is 11. The molecule has 0 spiro atoms. The molecular weight excluding hydrogens is 781 g/mol. The van der Waals surface area contributed by atoms with E-state index in [0.29, 0.717) is 36.1 Å². The van der Waals surface area contributed by atoms with Crippen LogP contribution in [-0.4, -0.2) is 128 Å². The molecule has 18 heteroatoms. The number of anilines is 1. The fraction of sp³-hybridized carbons (Fsp3) is 0.474. The summed E-state index contributed by atoms with van der Waals surface area (Å²) in [5, 5.41) is 0.128. The molecule has 2 amide bonds. The third-order valence-corrected chi connectivity index (χ3v) is 12.2. The minimum atomic E-state index is -5.30. The lowest BCUT2D eigenvalue weighted by atomic mass is 9.80. The number of likely N-dealkylation sites (N-methyl/N-ethyl adjacent to an activating group) is 1. The second kappa shape index (κ2) is 16.4. The third-order valence-electron chi connectivity index (χ3n) is 10.2. The van der Waals surface area contributed by atoms with E-state index in [9.17, 15) is 26.4 Å². The summed E-state index contributed by atoms with van der Waals surface area (Å²) >= 11 is 6.63. The van der Waals surface area contributed by atoms with Crippen LogP contribution in [0.2, 0.25) is 5.02 Å². The average Bonchev–Trinajstić information content (AvgIpc) is 3.69. The first-order chi connectivity index (χ1) is 26.5. The highest BCUT2D eigenvalue weighted by molar-refractivity contribution is 7.93. The van der Waals surface area contributed by atoms with Crippen LogP contribution in [-0.2, 0) is 34.6 Å². The van der Waals surface area contributed by atoms with Gasteiger partial charge in [0.1, 0.15) is 16.4 Å². The molecule has 6 rings (SSSR count). The highest BCUT2D eigenvalue weighted by Gasteiger charge is 2.64. The number of alkyl halides is 3. The maximum absolute atomic E-state index is 15.7. The Hall–Kier alpha value is -4.13. The van der Waals surface area contributed by atoms with Crippen molar-refractivity contribution in [1.29, 1.82) is 0 Å². The molecule has 56 heavy (non-hydrogen) atoms. The van der Waals surface area contributed by atoms with E-state index in [0.717, 1.165) is 37.8 Å². The Morgan fingerprint density at radius 1 is 1.00 bits per heavy atom. The van der Waals surface area contributed by atoms with Crippen LogP contribution in [0, 0.1) is 6.92 Å². The van der Waals surface area contributed by atoms with Gasteiger partial charge in [-0.25, -0.2) is 12.7 Å². The van der Waals surface area contributed by atoms with Crippen LogP contribution in [0.3, 0.4) is 0 Å². The second-order valence-electron chi connectivity index (χ2n) is 13.9. The Morgan fingerprint density at radius 3 is 2.39 bits per heavy atom. The van der Waals surface area contributed by atoms with E-state index >= 15 is 4.79 Å². The molecule has 304 valence electrons. The average molecular weight is 825 g/mol.